The second-order valence-electron chi connectivity index (χ2n) is 5.34. The number of rotatable bonds is 4. The summed E-state index contributed by atoms with van der Waals surface area (Å²) in [6, 6.07) is 6.74. The molecule has 0 bridgehead atoms. The molecular formula is C15H17BrN2O3. The van der Waals surface area contributed by atoms with Gasteiger partial charge in [-0.25, -0.2) is 4.90 Å². The Hall–Kier alpha value is -1.24. The first-order chi connectivity index (χ1) is 10.1. The lowest BCUT2D eigenvalue weighted by Crippen LogP contribution is -2.41. The molecule has 0 saturated carbocycles. The van der Waals surface area contributed by atoms with Crippen molar-refractivity contribution in [1.29, 1.82) is 0 Å². The first kappa shape index (κ1) is 14.7. The molecule has 1 aromatic rings. The Morgan fingerprint density at radius 3 is 2.71 bits per heavy atom. The van der Waals surface area contributed by atoms with Crippen LogP contribution in [0.25, 0.3) is 0 Å². The number of anilines is 1. The van der Waals surface area contributed by atoms with Crippen molar-refractivity contribution in [3.05, 3.63) is 28.7 Å². The minimum Gasteiger partial charge on any atom is -0.377 e. The first-order valence-corrected chi connectivity index (χ1v) is 7.92. The van der Waals surface area contributed by atoms with Crippen LogP contribution in [0.2, 0.25) is 0 Å². The molecule has 2 aliphatic heterocycles. The normalized spacial score (nSPS) is 25.9. The highest BCUT2D eigenvalue weighted by Gasteiger charge is 2.39. The van der Waals surface area contributed by atoms with Crippen molar-refractivity contribution in [1.82, 2.24) is 5.32 Å². The highest BCUT2D eigenvalue weighted by molar-refractivity contribution is 9.10. The van der Waals surface area contributed by atoms with Gasteiger partial charge in [0.1, 0.15) is 0 Å². The Balaban J connectivity index is 1.65. The van der Waals surface area contributed by atoms with E-state index >= 15 is 0 Å². The lowest BCUT2D eigenvalue weighted by atomic mass is 10.2. The second kappa shape index (κ2) is 6.25. The topological polar surface area (TPSA) is 58.6 Å². The highest BCUT2D eigenvalue weighted by Crippen LogP contribution is 2.24. The molecule has 2 unspecified atom stereocenters. The van der Waals surface area contributed by atoms with Crippen molar-refractivity contribution in [2.45, 2.75) is 31.4 Å². The molecule has 1 aromatic carbocycles. The minimum absolute atomic E-state index is 0.160. The van der Waals surface area contributed by atoms with Gasteiger partial charge in [0.15, 0.2) is 0 Å². The maximum atomic E-state index is 12.4. The molecule has 0 radical (unpaired) electrons. The maximum Gasteiger partial charge on any atom is 0.251 e. The Bertz CT molecular complexity index is 540. The fraction of sp³-hybridized carbons (Fsp3) is 0.467. The number of carbonyl (C=O) groups is 2. The number of nitrogens with zero attached hydrogens (tertiary/aromatic N) is 1. The van der Waals surface area contributed by atoms with Crippen LogP contribution in [0.5, 0.6) is 0 Å². The van der Waals surface area contributed by atoms with Gasteiger partial charge >= 0.3 is 0 Å². The van der Waals surface area contributed by atoms with Crippen LogP contribution in [0.4, 0.5) is 5.69 Å². The lowest BCUT2D eigenvalue weighted by molar-refractivity contribution is -0.121. The van der Waals surface area contributed by atoms with Crippen molar-refractivity contribution >= 4 is 33.4 Å². The predicted molar refractivity (Wildman–Crippen MR) is 82.0 cm³/mol. The van der Waals surface area contributed by atoms with Crippen LogP contribution in [-0.4, -0.2) is 37.1 Å². The standard InChI is InChI=1S/C15H17BrN2O3/c16-10-3-5-11(6-4-10)18-14(19)8-13(15(18)20)17-9-12-2-1-7-21-12/h3-6,12-13,17H,1-2,7-9H2. The van der Waals surface area contributed by atoms with Crippen LogP contribution in [-0.2, 0) is 14.3 Å². The molecule has 0 aliphatic carbocycles. The summed E-state index contributed by atoms with van der Waals surface area (Å²) in [6.07, 6.45) is 2.45. The number of ether oxygens (including phenoxy) is 1. The van der Waals surface area contributed by atoms with Crippen molar-refractivity contribution in [2.75, 3.05) is 18.1 Å². The van der Waals surface area contributed by atoms with Gasteiger partial charge in [-0.3, -0.25) is 9.59 Å². The van der Waals surface area contributed by atoms with Gasteiger partial charge < -0.3 is 10.1 Å². The maximum absolute atomic E-state index is 12.4. The SMILES string of the molecule is O=C1CC(NCC2CCCO2)C(=O)N1c1ccc(Br)cc1. The number of hydrogen-bond donors (Lipinski definition) is 1. The second-order valence-corrected chi connectivity index (χ2v) is 6.26. The molecule has 2 aliphatic rings. The summed E-state index contributed by atoms with van der Waals surface area (Å²) in [4.78, 5) is 25.8. The zero-order valence-corrected chi connectivity index (χ0v) is 13.1. The summed E-state index contributed by atoms with van der Waals surface area (Å²) in [5.41, 5.74) is 0.620. The summed E-state index contributed by atoms with van der Waals surface area (Å²) < 4.78 is 6.44. The van der Waals surface area contributed by atoms with E-state index in [1.165, 1.54) is 4.90 Å². The Morgan fingerprint density at radius 2 is 2.05 bits per heavy atom. The molecule has 2 heterocycles. The van der Waals surface area contributed by atoms with Gasteiger partial charge in [-0.2, -0.15) is 0 Å². The average Bonchev–Trinajstić information content (AvgIpc) is 3.07. The summed E-state index contributed by atoms with van der Waals surface area (Å²) in [7, 11) is 0. The number of nitrogens with one attached hydrogen (secondary N) is 1. The fourth-order valence-electron chi connectivity index (χ4n) is 2.73. The van der Waals surface area contributed by atoms with E-state index in [0.717, 1.165) is 23.9 Å². The highest BCUT2D eigenvalue weighted by atomic mass is 79.9. The van der Waals surface area contributed by atoms with Crippen LogP contribution in [0.15, 0.2) is 28.7 Å². The summed E-state index contributed by atoms with van der Waals surface area (Å²) in [5, 5.41) is 3.17. The monoisotopic (exact) mass is 352 g/mol. The summed E-state index contributed by atoms with van der Waals surface area (Å²) in [6.45, 7) is 1.41. The lowest BCUT2D eigenvalue weighted by Gasteiger charge is -2.17. The zero-order chi connectivity index (χ0) is 14.8. The molecule has 0 aromatic heterocycles. The van der Waals surface area contributed by atoms with E-state index in [-0.39, 0.29) is 24.3 Å². The molecule has 2 amide bonds. The number of benzene rings is 1. The molecule has 1 N–H and O–H groups in total. The molecule has 2 atom stereocenters. The third kappa shape index (κ3) is 3.17. The van der Waals surface area contributed by atoms with E-state index in [4.69, 9.17) is 4.74 Å². The van der Waals surface area contributed by atoms with Gasteiger partial charge in [-0.1, -0.05) is 15.9 Å². The Kier molecular flexibility index (Phi) is 4.37. The zero-order valence-electron chi connectivity index (χ0n) is 11.5. The first-order valence-electron chi connectivity index (χ1n) is 7.12. The van der Waals surface area contributed by atoms with E-state index in [1.54, 1.807) is 12.1 Å². The van der Waals surface area contributed by atoms with E-state index in [0.29, 0.717) is 12.2 Å². The quantitative estimate of drug-likeness (QED) is 0.840. The number of hydrogen-bond acceptors (Lipinski definition) is 4. The summed E-state index contributed by atoms with van der Waals surface area (Å²) >= 11 is 3.34. The molecular weight excluding hydrogens is 336 g/mol. The van der Waals surface area contributed by atoms with Crippen LogP contribution in [0, 0.1) is 0 Å². The number of carbonyl (C=O) groups excluding carboxylic acids is 2. The van der Waals surface area contributed by atoms with Crippen molar-refractivity contribution < 1.29 is 14.3 Å². The van der Waals surface area contributed by atoms with E-state index in [1.807, 2.05) is 12.1 Å². The molecule has 6 heteroatoms. The molecule has 2 fully saturated rings. The molecule has 0 spiro atoms. The van der Waals surface area contributed by atoms with Crippen LogP contribution >= 0.6 is 15.9 Å². The molecule has 21 heavy (non-hydrogen) atoms. The minimum atomic E-state index is -0.439. The predicted octanol–water partition coefficient (Wildman–Crippen LogP) is 1.85. The summed E-state index contributed by atoms with van der Waals surface area (Å²) in [5.74, 6) is -0.340. The van der Waals surface area contributed by atoms with Crippen molar-refractivity contribution in [3.63, 3.8) is 0 Å². The third-order valence-corrected chi connectivity index (χ3v) is 4.38. The fourth-order valence-corrected chi connectivity index (χ4v) is 3.00. The van der Waals surface area contributed by atoms with E-state index < -0.39 is 6.04 Å². The van der Waals surface area contributed by atoms with Gasteiger partial charge in [0.05, 0.1) is 24.3 Å². The molecule has 5 nitrogen and oxygen atoms in total. The van der Waals surface area contributed by atoms with Crippen LogP contribution < -0.4 is 10.2 Å². The Labute approximate surface area is 131 Å². The molecule has 2 saturated heterocycles. The van der Waals surface area contributed by atoms with Gasteiger partial charge in [0.25, 0.3) is 5.91 Å². The largest absolute Gasteiger partial charge is 0.377 e. The van der Waals surface area contributed by atoms with Crippen LogP contribution in [0.3, 0.4) is 0 Å². The smallest absolute Gasteiger partial charge is 0.251 e. The van der Waals surface area contributed by atoms with Crippen LogP contribution in [0.1, 0.15) is 19.3 Å². The number of amides is 2. The van der Waals surface area contributed by atoms with Crippen molar-refractivity contribution in [2.24, 2.45) is 0 Å². The van der Waals surface area contributed by atoms with E-state index in [2.05, 4.69) is 21.2 Å². The number of halogens is 1. The third-order valence-electron chi connectivity index (χ3n) is 3.85. The average molecular weight is 353 g/mol. The van der Waals surface area contributed by atoms with Gasteiger partial charge in [0, 0.05) is 17.6 Å². The number of imide groups is 1. The van der Waals surface area contributed by atoms with Gasteiger partial charge in [-0.05, 0) is 37.1 Å². The molecule has 3 rings (SSSR count). The van der Waals surface area contributed by atoms with Gasteiger partial charge in [-0.15, -0.1) is 0 Å². The van der Waals surface area contributed by atoms with Crippen molar-refractivity contribution in [3.8, 4) is 0 Å². The Morgan fingerprint density at radius 1 is 1.29 bits per heavy atom. The molecule has 112 valence electrons. The van der Waals surface area contributed by atoms with Gasteiger partial charge in [0.2, 0.25) is 5.91 Å². The van der Waals surface area contributed by atoms with E-state index in [9.17, 15) is 9.59 Å².